The van der Waals surface area contributed by atoms with Gasteiger partial charge in [-0.2, -0.15) is 5.26 Å². The van der Waals surface area contributed by atoms with Crippen molar-refractivity contribution in [1.29, 1.82) is 5.26 Å². The quantitative estimate of drug-likeness (QED) is 0.857. The second-order valence-corrected chi connectivity index (χ2v) is 3.68. The summed E-state index contributed by atoms with van der Waals surface area (Å²) in [6, 6.07) is 8.87. The van der Waals surface area contributed by atoms with Gasteiger partial charge in [-0.15, -0.1) is 0 Å². The molecule has 2 rings (SSSR count). The smallest absolute Gasteiger partial charge is 0.143 e. The second-order valence-electron chi connectivity index (χ2n) is 3.68. The van der Waals surface area contributed by atoms with Crippen LogP contribution in [0.4, 0.5) is 15.8 Å². The average molecular weight is 227 g/mol. The molecule has 0 saturated heterocycles. The molecule has 4 heteroatoms. The number of hydrogen-bond donors (Lipinski definition) is 1. The van der Waals surface area contributed by atoms with Crippen molar-refractivity contribution < 1.29 is 4.39 Å². The van der Waals surface area contributed by atoms with E-state index in [0.29, 0.717) is 16.9 Å². The molecule has 1 N–H and O–H groups in total. The summed E-state index contributed by atoms with van der Waals surface area (Å²) in [6.45, 7) is 1.91. The van der Waals surface area contributed by atoms with Gasteiger partial charge in [-0.05, 0) is 24.6 Å². The molecule has 0 aliphatic rings. The molecule has 3 nitrogen and oxygen atoms in total. The molecule has 0 atom stereocenters. The van der Waals surface area contributed by atoms with Crippen LogP contribution in [0.5, 0.6) is 0 Å². The first kappa shape index (κ1) is 11.1. The van der Waals surface area contributed by atoms with Crippen molar-refractivity contribution in [2.45, 2.75) is 6.92 Å². The van der Waals surface area contributed by atoms with Gasteiger partial charge in [-0.1, -0.05) is 6.07 Å². The maximum atomic E-state index is 12.9. The van der Waals surface area contributed by atoms with Crippen LogP contribution in [0.2, 0.25) is 0 Å². The third-order valence-electron chi connectivity index (χ3n) is 2.28. The zero-order valence-corrected chi connectivity index (χ0v) is 9.24. The van der Waals surface area contributed by atoms with Crippen LogP contribution in [0.25, 0.3) is 0 Å². The van der Waals surface area contributed by atoms with Crippen molar-refractivity contribution in [3.8, 4) is 6.07 Å². The molecule has 84 valence electrons. The molecule has 0 unspecified atom stereocenters. The lowest BCUT2D eigenvalue weighted by atomic mass is 10.1. The molecule has 0 radical (unpaired) electrons. The fourth-order valence-electron chi connectivity index (χ4n) is 1.50. The second kappa shape index (κ2) is 4.62. The lowest BCUT2D eigenvalue weighted by Crippen LogP contribution is -1.95. The topological polar surface area (TPSA) is 48.7 Å². The van der Waals surface area contributed by atoms with Crippen molar-refractivity contribution in [2.75, 3.05) is 5.32 Å². The van der Waals surface area contributed by atoms with Crippen molar-refractivity contribution >= 4 is 11.4 Å². The molecular formula is C13H10FN3. The monoisotopic (exact) mass is 227 g/mol. The summed E-state index contributed by atoms with van der Waals surface area (Å²) >= 11 is 0. The van der Waals surface area contributed by atoms with E-state index in [1.165, 1.54) is 12.3 Å². The number of benzene rings is 1. The maximum Gasteiger partial charge on any atom is 0.143 e. The van der Waals surface area contributed by atoms with E-state index in [0.717, 1.165) is 11.8 Å². The number of hydrogen-bond acceptors (Lipinski definition) is 3. The summed E-state index contributed by atoms with van der Waals surface area (Å²) in [5.41, 5.74) is 2.69. The molecule has 2 aromatic rings. The Labute approximate surface area is 98.5 Å². The summed E-state index contributed by atoms with van der Waals surface area (Å²) in [7, 11) is 0. The minimum absolute atomic E-state index is 0.416. The van der Waals surface area contributed by atoms with E-state index >= 15 is 0 Å². The minimum Gasteiger partial charge on any atom is -0.353 e. The van der Waals surface area contributed by atoms with Crippen LogP contribution in [-0.4, -0.2) is 4.98 Å². The van der Waals surface area contributed by atoms with E-state index in [1.807, 2.05) is 13.0 Å². The molecule has 0 spiro atoms. The van der Waals surface area contributed by atoms with Crippen molar-refractivity contribution in [1.82, 2.24) is 4.98 Å². The molecule has 0 bridgehead atoms. The highest BCUT2D eigenvalue weighted by Crippen LogP contribution is 2.21. The molecular weight excluding hydrogens is 217 g/mol. The molecule has 0 amide bonds. The summed E-state index contributed by atoms with van der Waals surface area (Å²) in [5, 5.41) is 12.0. The fourth-order valence-corrected chi connectivity index (χ4v) is 1.50. The highest BCUT2D eigenvalue weighted by Gasteiger charge is 2.03. The number of aryl methyl sites for hydroxylation is 1. The van der Waals surface area contributed by atoms with Crippen LogP contribution in [0.15, 0.2) is 36.7 Å². The number of nitriles is 1. The average Bonchev–Trinajstić information content (AvgIpc) is 2.31. The van der Waals surface area contributed by atoms with Crippen LogP contribution in [0.1, 0.15) is 11.1 Å². The number of halogens is 1. The zero-order valence-electron chi connectivity index (χ0n) is 9.24. The van der Waals surface area contributed by atoms with Crippen LogP contribution >= 0.6 is 0 Å². The number of nitrogens with one attached hydrogen (secondary N) is 1. The lowest BCUT2D eigenvalue weighted by molar-refractivity contribution is 0.622. The van der Waals surface area contributed by atoms with Crippen molar-refractivity contribution in [3.63, 3.8) is 0 Å². The third kappa shape index (κ3) is 2.58. The fraction of sp³-hybridized carbons (Fsp3) is 0.0769. The van der Waals surface area contributed by atoms with Crippen molar-refractivity contribution in [3.05, 3.63) is 53.6 Å². The molecule has 17 heavy (non-hydrogen) atoms. The Morgan fingerprint density at radius 1 is 1.29 bits per heavy atom. The predicted molar refractivity (Wildman–Crippen MR) is 63.4 cm³/mol. The van der Waals surface area contributed by atoms with Gasteiger partial charge in [0.15, 0.2) is 0 Å². The van der Waals surface area contributed by atoms with Crippen LogP contribution < -0.4 is 5.32 Å². The van der Waals surface area contributed by atoms with Gasteiger partial charge >= 0.3 is 0 Å². The molecule has 0 aliphatic carbocycles. The molecule has 1 heterocycles. The van der Waals surface area contributed by atoms with E-state index in [2.05, 4.69) is 16.4 Å². The number of rotatable bonds is 2. The summed E-state index contributed by atoms with van der Waals surface area (Å²) in [6.07, 6.45) is 2.63. The first-order valence-electron chi connectivity index (χ1n) is 5.07. The first-order chi connectivity index (χ1) is 8.19. The maximum absolute atomic E-state index is 12.9. The van der Waals surface area contributed by atoms with E-state index in [9.17, 15) is 4.39 Å². The molecule has 0 aliphatic heterocycles. The zero-order chi connectivity index (χ0) is 12.3. The van der Waals surface area contributed by atoms with Gasteiger partial charge in [0.2, 0.25) is 0 Å². The standard InChI is InChI=1S/C13H10FN3/c1-9-2-3-13(10(4-9)6-15)17-12-5-11(14)7-16-8-12/h2-5,7-8,17H,1H3. The van der Waals surface area contributed by atoms with Gasteiger partial charge in [0, 0.05) is 6.07 Å². The van der Waals surface area contributed by atoms with E-state index < -0.39 is 5.82 Å². The normalized spacial score (nSPS) is 9.71. The lowest BCUT2D eigenvalue weighted by Gasteiger charge is -2.08. The van der Waals surface area contributed by atoms with Crippen LogP contribution in [0, 0.1) is 24.1 Å². The van der Waals surface area contributed by atoms with Crippen LogP contribution in [-0.2, 0) is 0 Å². The Morgan fingerprint density at radius 2 is 2.12 bits per heavy atom. The number of anilines is 2. The molecule has 0 saturated carbocycles. The van der Waals surface area contributed by atoms with Gasteiger partial charge in [-0.25, -0.2) is 4.39 Å². The van der Waals surface area contributed by atoms with E-state index in [4.69, 9.17) is 5.26 Å². The van der Waals surface area contributed by atoms with Crippen molar-refractivity contribution in [2.24, 2.45) is 0 Å². The summed E-state index contributed by atoms with van der Waals surface area (Å²) < 4.78 is 12.9. The summed E-state index contributed by atoms with van der Waals surface area (Å²) in [4.78, 5) is 3.73. The Bertz CT molecular complexity index is 587. The predicted octanol–water partition coefficient (Wildman–Crippen LogP) is 3.14. The molecule has 0 fully saturated rings. The highest BCUT2D eigenvalue weighted by atomic mass is 19.1. The van der Waals surface area contributed by atoms with Gasteiger partial charge in [0.05, 0.1) is 29.3 Å². The third-order valence-corrected chi connectivity index (χ3v) is 2.28. The SMILES string of the molecule is Cc1ccc(Nc2cncc(F)c2)c(C#N)c1. The first-order valence-corrected chi connectivity index (χ1v) is 5.07. The Balaban J connectivity index is 2.34. The van der Waals surface area contributed by atoms with Gasteiger partial charge in [0.25, 0.3) is 0 Å². The van der Waals surface area contributed by atoms with Gasteiger partial charge in [-0.3, -0.25) is 4.98 Å². The van der Waals surface area contributed by atoms with Crippen LogP contribution in [0.3, 0.4) is 0 Å². The van der Waals surface area contributed by atoms with E-state index in [-0.39, 0.29) is 0 Å². The van der Waals surface area contributed by atoms with Gasteiger partial charge < -0.3 is 5.32 Å². The Hall–Kier alpha value is -2.41. The largest absolute Gasteiger partial charge is 0.353 e. The van der Waals surface area contributed by atoms with E-state index in [1.54, 1.807) is 12.1 Å². The Morgan fingerprint density at radius 3 is 2.82 bits per heavy atom. The molecule has 1 aromatic heterocycles. The number of nitrogens with zero attached hydrogens (tertiary/aromatic N) is 2. The minimum atomic E-state index is -0.416. The Kier molecular flexibility index (Phi) is 3.01. The molecule has 1 aromatic carbocycles. The summed E-state index contributed by atoms with van der Waals surface area (Å²) in [5.74, 6) is -0.416. The number of aromatic nitrogens is 1. The highest BCUT2D eigenvalue weighted by molar-refractivity contribution is 5.66. The van der Waals surface area contributed by atoms with Gasteiger partial charge in [0.1, 0.15) is 11.9 Å². The number of pyridine rings is 1.